The first-order chi connectivity index (χ1) is 32.0. The molecule has 7 nitrogen and oxygen atoms in total. The molecule has 6 aromatic rings. The van der Waals surface area contributed by atoms with E-state index in [1.54, 1.807) is 0 Å². The van der Waals surface area contributed by atoms with E-state index in [-0.39, 0.29) is 40.5 Å². The lowest BCUT2D eigenvalue weighted by Gasteiger charge is -2.30. The van der Waals surface area contributed by atoms with Crippen molar-refractivity contribution < 1.29 is 33.5 Å². The minimum absolute atomic E-state index is 0.131. The van der Waals surface area contributed by atoms with Crippen LogP contribution in [0.3, 0.4) is 0 Å². The van der Waals surface area contributed by atoms with Crippen molar-refractivity contribution in [1.29, 1.82) is 0 Å². The standard InChI is InChI=1S/C60H70O7/c1-41(36-55-38-65-55)67-54-32-24-49(25-33-54)60(8,9)45-16-14-43(15-17-45)58(4,5)47-20-28-52(29-21-47)63-37-50(61)34-35-62-51-26-18-46(19-27-51)57(2,3)42-10-12-44(13-11-42)59(6,7)48-22-30-53(31-23-48)64-39-56-40-66-56/h10-33,41,50,55-56,61H,34-40H2,1-9H3. The molecule has 0 aliphatic carbocycles. The van der Waals surface area contributed by atoms with Crippen molar-refractivity contribution in [3.05, 3.63) is 190 Å². The van der Waals surface area contributed by atoms with Crippen LogP contribution in [0, 0.1) is 0 Å². The second-order valence-corrected chi connectivity index (χ2v) is 20.7. The fraction of sp³-hybridized carbons (Fsp3) is 0.400. The third-order valence-electron chi connectivity index (χ3n) is 14.3. The van der Waals surface area contributed by atoms with Crippen LogP contribution in [-0.4, -0.2) is 62.6 Å². The van der Waals surface area contributed by atoms with Gasteiger partial charge in [-0.2, -0.15) is 0 Å². The lowest BCUT2D eigenvalue weighted by molar-refractivity contribution is 0.0857. The first-order valence-electron chi connectivity index (χ1n) is 24.1. The Morgan fingerprint density at radius 1 is 0.448 bits per heavy atom. The third kappa shape index (κ3) is 11.8. The Hall–Kier alpha value is -5.60. The molecular weight excluding hydrogens is 833 g/mol. The topological polar surface area (TPSA) is 82.2 Å². The molecule has 2 saturated heterocycles. The average Bonchev–Trinajstić information content (AvgIpc) is 4.29. The first kappa shape index (κ1) is 47.9. The van der Waals surface area contributed by atoms with E-state index in [1.807, 2.05) is 24.3 Å². The van der Waals surface area contributed by atoms with Gasteiger partial charge in [0.25, 0.3) is 0 Å². The molecule has 0 radical (unpaired) electrons. The van der Waals surface area contributed by atoms with Crippen LogP contribution >= 0.6 is 0 Å². The van der Waals surface area contributed by atoms with E-state index in [4.69, 9.17) is 28.4 Å². The van der Waals surface area contributed by atoms with Gasteiger partial charge in [-0.15, -0.1) is 0 Å². The van der Waals surface area contributed by atoms with Crippen molar-refractivity contribution in [2.75, 3.05) is 33.0 Å². The Bertz CT molecular complexity index is 2500. The van der Waals surface area contributed by atoms with Gasteiger partial charge in [-0.1, -0.05) is 152 Å². The van der Waals surface area contributed by atoms with E-state index in [9.17, 15) is 5.11 Å². The van der Waals surface area contributed by atoms with Crippen LogP contribution in [0.15, 0.2) is 146 Å². The number of ether oxygens (including phenoxy) is 6. The van der Waals surface area contributed by atoms with Gasteiger partial charge in [-0.05, 0) is 100.0 Å². The number of hydrogen-bond acceptors (Lipinski definition) is 7. The Morgan fingerprint density at radius 3 is 1.09 bits per heavy atom. The molecule has 0 spiro atoms. The quantitative estimate of drug-likeness (QED) is 0.0680. The Morgan fingerprint density at radius 2 is 0.746 bits per heavy atom. The van der Waals surface area contributed by atoms with Crippen molar-refractivity contribution in [1.82, 2.24) is 0 Å². The lowest BCUT2D eigenvalue weighted by atomic mass is 9.74. The molecule has 7 heteroatoms. The zero-order valence-electron chi connectivity index (χ0n) is 41.0. The summed E-state index contributed by atoms with van der Waals surface area (Å²) in [4.78, 5) is 0. The Kier molecular flexibility index (Phi) is 14.2. The maximum absolute atomic E-state index is 10.8. The van der Waals surface area contributed by atoms with Crippen LogP contribution in [0.25, 0.3) is 0 Å². The first-order valence-corrected chi connectivity index (χ1v) is 24.1. The summed E-state index contributed by atoms with van der Waals surface area (Å²) in [5.74, 6) is 3.27. The van der Waals surface area contributed by atoms with Crippen LogP contribution in [0.4, 0.5) is 0 Å². The number of epoxide rings is 2. The zero-order chi connectivity index (χ0) is 47.4. The minimum atomic E-state index is -0.659. The highest BCUT2D eigenvalue weighted by Crippen LogP contribution is 2.39. The van der Waals surface area contributed by atoms with Gasteiger partial charge in [0, 0.05) is 34.5 Å². The summed E-state index contributed by atoms with van der Waals surface area (Å²) in [7, 11) is 0. The van der Waals surface area contributed by atoms with E-state index < -0.39 is 6.10 Å². The van der Waals surface area contributed by atoms with Gasteiger partial charge in [-0.3, -0.25) is 0 Å². The third-order valence-corrected chi connectivity index (χ3v) is 14.3. The predicted molar refractivity (Wildman–Crippen MR) is 268 cm³/mol. The molecular formula is C60H70O7. The summed E-state index contributed by atoms with van der Waals surface area (Å²) >= 11 is 0. The van der Waals surface area contributed by atoms with Crippen molar-refractivity contribution in [2.24, 2.45) is 0 Å². The van der Waals surface area contributed by atoms with Crippen molar-refractivity contribution >= 4 is 0 Å². The summed E-state index contributed by atoms with van der Waals surface area (Å²) < 4.78 is 34.7. The molecule has 2 fully saturated rings. The predicted octanol–water partition coefficient (Wildman–Crippen LogP) is 12.5. The largest absolute Gasteiger partial charge is 0.493 e. The van der Waals surface area contributed by atoms with E-state index in [2.05, 4.69) is 184 Å². The summed E-state index contributed by atoms with van der Waals surface area (Å²) in [6.07, 6.45) is 1.46. The lowest BCUT2D eigenvalue weighted by Crippen LogP contribution is -2.22. The molecule has 4 atom stereocenters. The van der Waals surface area contributed by atoms with Gasteiger partial charge in [0.05, 0.1) is 38.1 Å². The monoisotopic (exact) mass is 903 g/mol. The maximum Gasteiger partial charge on any atom is 0.119 e. The van der Waals surface area contributed by atoms with Gasteiger partial charge < -0.3 is 33.5 Å². The van der Waals surface area contributed by atoms with Gasteiger partial charge in [0.1, 0.15) is 42.3 Å². The molecule has 2 aliphatic rings. The fourth-order valence-electron chi connectivity index (χ4n) is 8.92. The number of aliphatic hydroxyl groups excluding tert-OH is 1. The molecule has 0 amide bonds. The molecule has 0 aromatic heterocycles. The molecule has 8 rings (SSSR count). The number of aliphatic hydroxyl groups is 1. The van der Waals surface area contributed by atoms with E-state index >= 15 is 0 Å². The molecule has 1 N–H and O–H groups in total. The van der Waals surface area contributed by atoms with Crippen LogP contribution in [0.1, 0.15) is 120 Å². The number of rotatable bonds is 22. The maximum atomic E-state index is 10.8. The highest BCUT2D eigenvalue weighted by atomic mass is 16.6. The molecule has 0 bridgehead atoms. The van der Waals surface area contributed by atoms with Crippen LogP contribution < -0.4 is 18.9 Å². The molecule has 0 saturated carbocycles. The van der Waals surface area contributed by atoms with Gasteiger partial charge >= 0.3 is 0 Å². The smallest absolute Gasteiger partial charge is 0.119 e. The van der Waals surface area contributed by atoms with Crippen LogP contribution in [0.5, 0.6) is 23.0 Å². The SMILES string of the molecule is CC(CC1CO1)Oc1ccc(C(C)(C)c2ccc(C(C)(C)c3ccc(OCC(O)CCOc4ccc(C(C)(C)c5ccc(C(C)(C)c6ccc(OCC7CO7)cc6)cc5)cc4)cc3)cc2)cc1. The van der Waals surface area contributed by atoms with Gasteiger partial charge in [-0.25, -0.2) is 0 Å². The van der Waals surface area contributed by atoms with Gasteiger partial charge in [0.15, 0.2) is 0 Å². The van der Waals surface area contributed by atoms with Crippen molar-refractivity contribution in [2.45, 2.75) is 121 Å². The summed E-state index contributed by atoms with van der Waals surface area (Å²) in [6.45, 7) is 23.0. The minimum Gasteiger partial charge on any atom is -0.493 e. The van der Waals surface area contributed by atoms with E-state index in [0.29, 0.717) is 25.7 Å². The second-order valence-electron chi connectivity index (χ2n) is 20.7. The highest BCUT2D eigenvalue weighted by molar-refractivity contribution is 5.47. The average molecular weight is 903 g/mol. The van der Waals surface area contributed by atoms with E-state index in [1.165, 1.54) is 44.5 Å². The Labute approximate surface area is 399 Å². The zero-order valence-corrected chi connectivity index (χ0v) is 41.0. The summed E-state index contributed by atoms with van der Waals surface area (Å²) in [6, 6.07) is 51.5. The molecule has 2 aliphatic heterocycles. The van der Waals surface area contributed by atoms with E-state index in [0.717, 1.165) is 42.6 Å². The highest BCUT2D eigenvalue weighted by Gasteiger charge is 2.30. The van der Waals surface area contributed by atoms with Crippen LogP contribution in [0.2, 0.25) is 0 Å². The van der Waals surface area contributed by atoms with Crippen molar-refractivity contribution in [3.63, 3.8) is 0 Å². The molecule has 4 unspecified atom stereocenters. The summed E-state index contributed by atoms with van der Waals surface area (Å²) in [5, 5.41) is 10.8. The molecule has 2 heterocycles. The van der Waals surface area contributed by atoms with Crippen molar-refractivity contribution in [3.8, 4) is 23.0 Å². The molecule has 352 valence electrons. The number of benzene rings is 6. The van der Waals surface area contributed by atoms with Crippen LogP contribution in [-0.2, 0) is 31.1 Å². The Balaban J connectivity index is 0.775. The summed E-state index contributed by atoms with van der Waals surface area (Å²) in [5.41, 5.74) is 9.13. The van der Waals surface area contributed by atoms with Gasteiger partial charge in [0.2, 0.25) is 0 Å². The molecule has 67 heavy (non-hydrogen) atoms. The molecule has 6 aromatic carbocycles. The fourth-order valence-corrected chi connectivity index (χ4v) is 8.92. The second kappa shape index (κ2) is 19.9. The normalized spacial score (nSPS) is 17.0. The number of hydrogen-bond donors (Lipinski definition) is 1.